The summed E-state index contributed by atoms with van der Waals surface area (Å²) in [5, 5.41) is 10.3. The highest BCUT2D eigenvalue weighted by molar-refractivity contribution is 5.40. The number of fused-ring (bicyclic) bond motifs is 5. The van der Waals surface area contributed by atoms with Gasteiger partial charge in [0.2, 0.25) is 0 Å². The van der Waals surface area contributed by atoms with Crippen LogP contribution in [0, 0.1) is 58.2 Å². The van der Waals surface area contributed by atoms with Gasteiger partial charge in [0, 0.05) is 5.92 Å². The van der Waals surface area contributed by atoms with Crippen molar-refractivity contribution in [3.63, 3.8) is 0 Å². The van der Waals surface area contributed by atoms with E-state index in [1.54, 1.807) is 11.1 Å². The highest BCUT2D eigenvalue weighted by atomic mass is 16.3. The van der Waals surface area contributed by atoms with Crippen molar-refractivity contribution in [3.05, 3.63) is 11.1 Å². The van der Waals surface area contributed by atoms with E-state index in [9.17, 15) is 5.11 Å². The van der Waals surface area contributed by atoms with Gasteiger partial charge in [-0.2, -0.15) is 0 Å². The zero-order valence-corrected chi connectivity index (χ0v) is 20.7. The zero-order valence-electron chi connectivity index (χ0n) is 20.7. The maximum absolute atomic E-state index is 10.3. The molecule has 0 radical (unpaired) electrons. The van der Waals surface area contributed by atoms with Crippen molar-refractivity contribution in [2.75, 3.05) is 0 Å². The quantitative estimate of drug-likeness (QED) is 0.470. The second kappa shape index (κ2) is 7.36. The van der Waals surface area contributed by atoms with Crippen molar-refractivity contribution < 1.29 is 5.11 Å². The molecule has 0 unspecified atom stereocenters. The molecule has 0 aliphatic heterocycles. The van der Waals surface area contributed by atoms with Crippen LogP contribution in [0.2, 0.25) is 0 Å². The lowest BCUT2D eigenvalue weighted by molar-refractivity contribution is -0.129. The van der Waals surface area contributed by atoms with Crippen LogP contribution < -0.4 is 0 Å². The third-order valence-corrected chi connectivity index (χ3v) is 11.9. The molecule has 0 heterocycles. The van der Waals surface area contributed by atoms with Crippen LogP contribution in [0.1, 0.15) is 106 Å². The fourth-order valence-corrected chi connectivity index (χ4v) is 10.3. The Balaban J connectivity index is 1.30. The third-order valence-electron chi connectivity index (χ3n) is 11.9. The van der Waals surface area contributed by atoms with Crippen molar-refractivity contribution in [1.82, 2.24) is 0 Å². The standard InChI is InChI=1S/C29H48O/c1-17(2)27-19(4)23(27)15-18(3)24-9-10-25-22-8-7-20-16-21(30)11-13-28(20,5)26(22)12-14-29(24,25)6/h17-18,20-26,30H,7-16H2,1-6H3/t18-,20-,21-,22+,23-,24-,25+,26+,28+,29-/m1/s1. The highest BCUT2D eigenvalue weighted by Gasteiger charge is 2.60. The Morgan fingerprint density at radius 1 is 0.900 bits per heavy atom. The van der Waals surface area contributed by atoms with E-state index in [1.165, 1.54) is 51.4 Å². The highest BCUT2D eigenvalue weighted by Crippen LogP contribution is 2.68. The molecular formula is C29H48O. The Morgan fingerprint density at radius 2 is 1.60 bits per heavy atom. The minimum absolute atomic E-state index is 0.0135. The van der Waals surface area contributed by atoms with Crippen LogP contribution in [-0.4, -0.2) is 11.2 Å². The summed E-state index contributed by atoms with van der Waals surface area (Å²) in [6.45, 7) is 15.1. The minimum atomic E-state index is -0.0135. The maximum atomic E-state index is 10.3. The Kier molecular flexibility index (Phi) is 5.28. The van der Waals surface area contributed by atoms with E-state index in [-0.39, 0.29) is 6.10 Å². The van der Waals surface area contributed by atoms with Crippen molar-refractivity contribution in [3.8, 4) is 0 Å². The molecule has 0 saturated heterocycles. The summed E-state index contributed by atoms with van der Waals surface area (Å²) in [6, 6.07) is 0. The summed E-state index contributed by atoms with van der Waals surface area (Å²) in [6.07, 6.45) is 13.7. The molecular weight excluding hydrogens is 364 g/mol. The van der Waals surface area contributed by atoms with E-state index in [4.69, 9.17) is 0 Å². The summed E-state index contributed by atoms with van der Waals surface area (Å²) < 4.78 is 0. The molecule has 4 fully saturated rings. The van der Waals surface area contributed by atoms with E-state index in [1.807, 2.05) is 0 Å². The van der Waals surface area contributed by atoms with Gasteiger partial charge < -0.3 is 5.11 Å². The molecule has 1 N–H and O–H groups in total. The second-order valence-electron chi connectivity index (χ2n) is 13.4. The molecule has 1 heteroatoms. The van der Waals surface area contributed by atoms with Gasteiger partial charge in [0.25, 0.3) is 0 Å². The van der Waals surface area contributed by atoms with Crippen LogP contribution in [0.3, 0.4) is 0 Å². The molecule has 0 aromatic carbocycles. The number of allylic oxidation sites excluding steroid dienone is 2. The topological polar surface area (TPSA) is 20.2 Å². The molecule has 5 rings (SSSR count). The van der Waals surface area contributed by atoms with Gasteiger partial charge in [-0.15, -0.1) is 0 Å². The minimum Gasteiger partial charge on any atom is -0.393 e. The van der Waals surface area contributed by atoms with Crippen molar-refractivity contribution in [1.29, 1.82) is 0 Å². The summed E-state index contributed by atoms with van der Waals surface area (Å²) in [5.74, 6) is 7.12. The lowest BCUT2D eigenvalue weighted by atomic mass is 9.44. The molecule has 4 saturated carbocycles. The average molecular weight is 413 g/mol. The predicted octanol–water partition coefficient (Wildman–Crippen LogP) is 7.63. The molecule has 0 aromatic rings. The fourth-order valence-electron chi connectivity index (χ4n) is 10.3. The normalized spacial score (nSPS) is 51.4. The Labute approximate surface area is 186 Å². The van der Waals surface area contributed by atoms with Crippen LogP contribution in [0.15, 0.2) is 11.1 Å². The molecule has 0 aromatic heterocycles. The lowest BCUT2D eigenvalue weighted by Gasteiger charge is -2.61. The zero-order chi connectivity index (χ0) is 21.4. The Hall–Kier alpha value is -0.300. The maximum Gasteiger partial charge on any atom is 0.0543 e. The first-order valence-corrected chi connectivity index (χ1v) is 13.6. The van der Waals surface area contributed by atoms with Crippen molar-refractivity contribution in [2.45, 2.75) is 112 Å². The SMILES string of the molecule is CC1=C(C(C)C)[C@@H]1C[C@@H](C)[C@H]1CC[C@H]2[C@@H]3CC[C@@H]4C[C@H](O)CC[C@]4(C)[C@H]3CC[C@]12C. The summed E-state index contributed by atoms with van der Waals surface area (Å²) in [5.41, 5.74) is 4.63. The largest absolute Gasteiger partial charge is 0.393 e. The van der Waals surface area contributed by atoms with Crippen LogP contribution in [0.5, 0.6) is 0 Å². The number of hydrogen-bond donors (Lipinski definition) is 1. The first kappa shape index (κ1) is 21.5. The first-order chi connectivity index (χ1) is 14.2. The van der Waals surface area contributed by atoms with Crippen LogP contribution in [0.4, 0.5) is 0 Å². The predicted molar refractivity (Wildman–Crippen MR) is 126 cm³/mol. The second-order valence-corrected chi connectivity index (χ2v) is 13.4. The van der Waals surface area contributed by atoms with Gasteiger partial charge in [-0.05, 0) is 123 Å². The fraction of sp³-hybridized carbons (Fsp3) is 0.931. The van der Waals surface area contributed by atoms with E-state index in [2.05, 4.69) is 41.5 Å². The van der Waals surface area contributed by atoms with Gasteiger partial charge in [0.1, 0.15) is 0 Å². The van der Waals surface area contributed by atoms with Crippen LogP contribution in [0.25, 0.3) is 0 Å². The first-order valence-electron chi connectivity index (χ1n) is 13.6. The van der Waals surface area contributed by atoms with Gasteiger partial charge in [-0.3, -0.25) is 0 Å². The van der Waals surface area contributed by atoms with E-state index in [0.29, 0.717) is 10.8 Å². The Morgan fingerprint density at radius 3 is 2.30 bits per heavy atom. The number of aliphatic hydroxyl groups is 1. The average Bonchev–Trinajstić information content (AvgIpc) is 3.17. The Bertz CT molecular complexity index is 705. The lowest BCUT2D eigenvalue weighted by Crippen LogP contribution is -2.54. The molecule has 0 bridgehead atoms. The van der Waals surface area contributed by atoms with Gasteiger partial charge in [0.15, 0.2) is 0 Å². The van der Waals surface area contributed by atoms with Gasteiger partial charge in [-0.25, -0.2) is 0 Å². The summed E-state index contributed by atoms with van der Waals surface area (Å²) in [4.78, 5) is 0. The molecule has 10 atom stereocenters. The summed E-state index contributed by atoms with van der Waals surface area (Å²) >= 11 is 0. The van der Waals surface area contributed by atoms with Gasteiger partial charge in [-0.1, -0.05) is 45.8 Å². The van der Waals surface area contributed by atoms with Gasteiger partial charge >= 0.3 is 0 Å². The number of rotatable bonds is 4. The molecule has 5 aliphatic carbocycles. The third kappa shape index (κ3) is 3.11. The van der Waals surface area contributed by atoms with E-state index < -0.39 is 0 Å². The molecule has 1 nitrogen and oxygen atoms in total. The van der Waals surface area contributed by atoms with E-state index in [0.717, 1.165) is 60.2 Å². The number of aliphatic hydroxyl groups excluding tert-OH is 1. The van der Waals surface area contributed by atoms with Gasteiger partial charge in [0.05, 0.1) is 6.10 Å². The molecule has 30 heavy (non-hydrogen) atoms. The monoisotopic (exact) mass is 412 g/mol. The molecule has 5 aliphatic rings. The van der Waals surface area contributed by atoms with Crippen molar-refractivity contribution >= 4 is 0 Å². The van der Waals surface area contributed by atoms with Crippen LogP contribution >= 0.6 is 0 Å². The van der Waals surface area contributed by atoms with E-state index >= 15 is 0 Å². The number of hydrogen-bond acceptors (Lipinski definition) is 1. The molecule has 170 valence electrons. The summed E-state index contributed by atoms with van der Waals surface area (Å²) in [7, 11) is 0. The molecule has 0 amide bonds. The van der Waals surface area contributed by atoms with Crippen molar-refractivity contribution in [2.24, 2.45) is 58.2 Å². The molecule has 0 spiro atoms. The smallest absolute Gasteiger partial charge is 0.0543 e. The van der Waals surface area contributed by atoms with Crippen LogP contribution in [-0.2, 0) is 0 Å².